The molecule has 0 radical (unpaired) electrons. The van der Waals surface area contributed by atoms with Crippen LogP contribution < -0.4 is 5.32 Å². The molecule has 80 valence electrons. The number of rotatable bonds is 5. The van der Waals surface area contributed by atoms with Gasteiger partial charge in [0, 0.05) is 15.7 Å². The second-order valence-electron chi connectivity index (χ2n) is 3.30. The first-order valence-electron chi connectivity index (χ1n) is 4.63. The van der Waals surface area contributed by atoms with Gasteiger partial charge in [-0.3, -0.25) is 9.59 Å². The highest BCUT2D eigenvalue weighted by Crippen LogP contribution is 2.30. The molecule has 1 aromatic carbocycles. The molecule has 0 fully saturated rings. The van der Waals surface area contributed by atoms with E-state index in [2.05, 4.69) is 19.2 Å². The molecule has 1 N–H and O–H groups in total. The van der Waals surface area contributed by atoms with Gasteiger partial charge in [0.15, 0.2) is 0 Å². The predicted molar refractivity (Wildman–Crippen MR) is 62.5 cm³/mol. The smallest absolute Gasteiger partial charge is 0.211 e. The molecule has 0 saturated carbocycles. The molecule has 0 aliphatic rings. The summed E-state index contributed by atoms with van der Waals surface area (Å²) in [6.45, 7) is 4.14. The van der Waals surface area contributed by atoms with Crippen molar-refractivity contribution >= 4 is 30.1 Å². The quantitative estimate of drug-likeness (QED) is 0.616. The molecule has 1 amide bonds. The largest absolute Gasteiger partial charge is 0.328 e. The maximum absolute atomic E-state index is 10.6. The minimum absolute atomic E-state index is 0.430. The lowest BCUT2D eigenvalue weighted by Crippen LogP contribution is -1.98. The van der Waals surface area contributed by atoms with Gasteiger partial charge in [0.1, 0.15) is 6.29 Å². The van der Waals surface area contributed by atoms with Gasteiger partial charge in [-0.05, 0) is 12.1 Å². The van der Waals surface area contributed by atoms with Crippen molar-refractivity contribution in [3.63, 3.8) is 0 Å². The first-order valence-corrected chi connectivity index (χ1v) is 5.51. The summed E-state index contributed by atoms with van der Waals surface area (Å²) in [5, 5.41) is 3.03. The zero-order chi connectivity index (χ0) is 11.3. The molecular weight excluding hydrogens is 210 g/mol. The van der Waals surface area contributed by atoms with E-state index < -0.39 is 0 Å². The van der Waals surface area contributed by atoms with Gasteiger partial charge in [0.25, 0.3) is 0 Å². The molecule has 0 bridgehead atoms. The summed E-state index contributed by atoms with van der Waals surface area (Å²) in [5.74, 6) is 0. The molecule has 3 nitrogen and oxygen atoms in total. The van der Waals surface area contributed by atoms with E-state index in [1.807, 2.05) is 6.07 Å². The molecule has 0 spiro atoms. The first-order chi connectivity index (χ1) is 7.17. The second kappa shape index (κ2) is 5.56. The Kier molecular flexibility index (Phi) is 4.37. The van der Waals surface area contributed by atoms with Crippen LogP contribution in [0.15, 0.2) is 23.1 Å². The van der Waals surface area contributed by atoms with Crippen LogP contribution in [0, 0.1) is 0 Å². The summed E-state index contributed by atoms with van der Waals surface area (Å²) >= 11 is 1.65. The fourth-order valence-corrected chi connectivity index (χ4v) is 2.05. The summed E-state index contributed by atoms with van der Waals surface area (Å²) in [6, 6.07) is 5.26. The van der Waals surface area contributed by atoms with Gasteiger partial charge in [0.05, 0.1) is 5.69 Å². The summed E-state index contributed by atoms with van der Waals surface area (Å²) in [6.07, 6.45) is 1.38. The lowest BCUT2D eigenvalue weighted by atomic mass is 10.2. The zero-order valence-corrected chi connectivity index (χ0v) is 9.51. The molecule has 1 rings (SSSR count). The second-order valence-corrected chi connectivity index (χ2v) is 4.92. The Morgan fingerprint density at radius 1 is 1.33 bits per heavy atom. The SMILES string of the molecule is CC(C)Sc1ccc(C=O)cc1NC=O. The normalized spacial score (nSPS) is 10.1. The zero-order valence-electron chi connectivity index (χ0n) is 8.69. The molecule has 4 heteroatoms. The Bertz CT molecular complexity index is 364. The van der Waals surface area contributed by atoms with Gasteiger partial charge < -0.3 is 5.32 Å². The fourth-order valence-electron chi connectivity index (χ4n) is 1.15. The summed E-state index contributed by atoms with van der Waals surface area (Å²) in [7, 11) is 0. The first kappa shape index (κ1) is 11.8. The number of carbonyl (C=O) groups excluding carboxylic acids is 2. The van der Waals surface area contributed by atoms with Crippen molar-refractivity contribution in [2.75, 3.05) is 5.32 Å². The number of benzene rings is 1. The maximum Gasteiger partial charge on any atom is 0.211 e. The number of amides is 1. The summed E-state index contributed by atoms with van der Waals surface area (Å²) in [5.41, 5.74) is 1.25. The van der Waals surface area contributed by atoms with Gasteiger partial charge in [-0.25, -0.2) is 0 Å². The molecule has 0 aromatic heterocycles. The third kappa shape index (κ3) is 3.40. The average molecular weight is 223 g/mol. The van der Waals surface area contributed by atoms with Crippen LogP contribution in [0.1, 0.15) is 24.2 Å². The van der Waals surface area contributed by atoms with E-state index in [0.717, 1.165) is 11.2 Å². The van der Waals surface area contributed by atoms with Crippen LogP contribution in [-0.2, 0) is 4.79 Å². The average Bonchev–Trinajstić information content (AvgIpc) is 2.20. The van der Waals surface area contributed by atoms with Crippen molar-refractivity contribution in [2.45, 2.75) is 24.0 Å². The Balaban J connectivity index is 3.02. The van der Waals surface area contributed by atoms with Gasteiger partial charge in [-0.15, -0.1) is 11.8 Å². The van der Waals surface area contributed by atoms with Gasteiger partial charge in [-0.2, -0.15) is 0 Å². The highest BCUT2D eigenvalue weighted by Gasteiger charge is 2.05. The molecule has 0 aliphatic carbocycles. The number of hydrogen-bond acceptors (Lipinski definition) is 3. The number of thioether (sulfide) groups is 1. The third-order valence-corrected chi connectivity index (χ3v) is 2.80. The van der Waals surface area contributed by atoms with E-state index in [4.69, 9.17) is 0 Å². The minimum Gasteiger partial charge on any atom is -0.328 e. The topological polar surface area (TPSA) is 46.2 Å². The highest BCUT2D eigenvalue weighted by atomic mass is 32.2. The molecule has 15 heavy (non-hydrogen) atoms. The summed E-state index contributed by atoms with van der Waals surface area (Å²) < 4.78 is 0. The van der Waals surface area contributed by atoms with Crippen molar-refractivity contribution in [1.82, 2.24) is 0 Å². The number of anilines is 1. The minimum atomic E-state index is 0.430. The van der Waals surface area contributed by atoms with Crippen LogP contribution in [-0.4, -0.2) is 17.9 Å². The van der Waals surface area contributed by atoms with E-state index in [9.17, 15) is 9.59 Å². The molecule has 0 aliphatic heterocycles. The van der Waals surface area contributed by atoms with Crippen LogP contribution in [0.5, 0.6) is 0 Å². The molecular formula is C11H13NO2S. The third-order valence-electron chi connectivity index (χ3n) is 1.72. The number of nitrogens with one attached hydrogen (secondary N) is 1. The van der Waals surface area contributed by atoms with Crippen LogP contribution in [0.3, 0.4) is 0 Å². The van der Waals surface area contributed by atoms with Crippen molar-refractivity contribution in [2.24, 2.45) is 0 Å². The Hall–Kier alpha value is -1.29. The van der Waals surface area contributed by atoms with Crippen molar-refractivity contribution < 1.29 is 9.59 Å². The monoisotopic (exact) mass is 223 g/mol. The number of hydrogen-bond donors (Lipinski definition) is 1. The Morgan fingerprint density at radius 2 is 2.07 bits per heavy atom. The lowest BCUT2D eigenvalue weighted by molar-refractivity contribution is -0.105. The Morgan fingerprint density at radius 3 is 2.60 bits per heavy atom. The highest BCUT2D eigenvalue weighted by molar-refractivity contribution is 8.00. The molecule has 1 aromatic rings. The van der Waals surface area contributed by atoms with Gasteiger partial charge in [-0.1, -0.05) is 19.9 Å². The van der Waals surface area contributed by atoms with Gasteiger partial charge >= 0.3 is 0 Å². The van der Waals surface area contributed by atoms with Crippen LogP contribution in [0.25, 0.3) is 0 Å². The number of carbonyl (C=O) groups is 2. The van der Waals surface area contributed by atoms with E-state index in [1.165, 1.54) is 0 Å². The van der Waals surface area contributed by atoms with E-state index in [-0.39, 0.29) is 0 Å². The lowest BCUT2D eigenvalue weighted by Gasteiger charge is -2.10. The van der Waals surface area contributed by atoms with Crippen molar-refractivity contribution in [1.29, 1.82) is 0 Å². The van der Waals surface area contributed by atoms with E-state index >= 15 is 0 Å². The molecule has 0 unspecified atom stereocenters. The molecule has 0 heterocycles. The Labute approximate surface area is 93.3 Å². The summed E-state index contributed by atoms with van der Waals surface area (Å²) in [4.78, 5) is 22.0. The fraction of sp³-hybridized carbons (Fsp3) is 0.273. The van der Waals surface area contributed by atoms with Crippen LogP contribution in [0.4, 0.5) is 5.69 Å². The van der Waals surface area contributed by atoms with Crippen molar-refractivity contribution in [3.8, 4) is 0 Å². The molecule has 0 atom stereocenters. The maximum atomic E-state index is 10.6. The predicted octanol–water partition coefficient (Wildman–Crippen LogP) is 2.57. The van der Waals surface area contributed by atoms with Crippen LogP contribution >= 0.6 is 11.8 Å². The molecule has 0 saturated heterocycles. The standard InChI is InChI=1S/C11H13NO2S/c1-8(2)15-11-4-3-9(6-13)5-10(11)12-7-14/h3-8H,1-2H3,(H,12,14). The van der Waals surface area contributed by atoms with Crippen molar-refractivity contribution in [3.05, 3.63) is 23.8 Å². The van der Waals surface area contributed by atoms with Gasteiger partial charge in [0.2, 0.25) is 6.41 Å². The van der Waals surface area contributed by atoms with E-state index in [1.54, 1.807) is 23.9 Å². The number of aldehydes is 1. The van der Waals surface area contributed by atoms with E-state index in [0.29, 0.717) is 22.9 Å². The van der Waals surface area contributed by atoms with Crippen LogP contribution in [0.2, 0.25) is 0 Å².